The van der Waals surface area contributed by atoms with Crippen molar-refractivity contribution in [2.75, 3.05) is 4.90 Å². The zero-order chi connectivity index (χ0) is 11.5. The number of carbonyl (C=O) groups excluding carboxylic acids is 1. The van der Waals surface area contributed by atoms with Crippen LogP contribution in [0.2, 0.25) is 0 Å². The molecule has 1 aliphatic heterocycles. The number of Topliss-reactive ketones (excluding diaryl/α,β-unsaturated/α-hetero) is 1. The van der Waals surface area contributed by atoms with Gasteiger partial charge in [0.25, 0.3) is 0 Å². The van der Waals surface area contributed by atoms with E-state index >= 15 is 0 Å². The first kappa shape index (κ1) is 11.2. The van der Waals surface area contributed by atoms with Crippen LogP contribution >= 0.6 is 0 Å². The summed E-state index contributed by atoms with van der Waals surface area (Å²) in [5, 5.41) is 0. The van der Waals surface area contributed by atoms with Gasteiger partial charge in [-0.05, 0) is 31.9 Å². The fourth-order valence-electron chi connectivity index (χ4n) is 2.57. The van der Waals surface area contributed by atoms with Crippen LogP contribution in [0, 0.1) is 0 Å². The van der Waals surface area contributed by atoms with Crippen molar-refractivity contribution in [2.24, 2.45) is 0 Å². The summed E-state index contributed by atoms with van der Waals surface area (Å²) < 4.78 is 0. The minimum Gasteiger partial charge on any atom is -0.359 e. The molecule has 2 nitrogen and oxygen atoms in total. The first-order chi connectivity index (χ1) is 7.74. The molecule has 0 aliphatic carbocycles. The van der Waals surface area contributed by atoms with Crippen LogP contribution < -0.4 is 4.90 Å². The van der Waals surface area contributed by atoms with Crippen LogP contribution in [0.5, 0.6) is 0 Å². The summed E-state index contributed by atoms with van der Waals surface area (Å²) in [6, 6.07) is 10.9. The van der Waals surface area contributed by atoms with E-state index in [1.807, 2.05) is 25.1 Å². The van der Waals surface area contributed by atoms with E-state index in [1.54, 1.807) is 0 Å². The molecule has 1 aliphatic rings. The smallest absolute Gasteiger partial charge is 0.154 e. The van der Waals surface area contributed by atoms with E-state index in [1.165, 1.54) is 5.69 Å². The Hall–Kier alpha value is -1.31. The number of hydrogen-bond donors (Lipinski definition) is 0. The van der Waals surface area contributed by atoms with Gasteiger partial charge >= 0.3 is 0 Å². The number of para-hydroxylation sites is 1. The number of rotatable bonds is 3. The number of hydrogen-bond acceptors (Lipinski definition) is 2. The van der Waals surface area contributed by atoms with Crippen molar-refractivity contribution >= 4 is 11.5 Å². The Balaban J connectivity index is 2.26. The highest BCUT2D eigenvalue weighted by Gasteiger charge is 2.34. The number of nitrogens with zero attached hydrogens (tertiary/aromatic N) is 1. The number of ketones is 1. The number of carbonyl (C=O) groups is 1. The molecule has 0 spiro atoms. The monoisotopic (exact) mass is 217 g/mol. The molecule has 0 bridgehead atoms. The van der Waals surface area contributed by atoms with Gasteiger partial charge in [-0.3, -0.25) is 4.79 Å². The first-order valence-electron chi connectivity index (χ1n) is 6.10. The van der Waals surface area contributed by atoms with E-state index in [0.717, 1.165) is 12.8 Å². The molecular formula is C14H19NO. The molecule has 1 aromatic carbocycles. The van der Waals surface area contributed by atoms with E-state index in [9.17, 15) is 4.79 Å². The molecule has 1 fully saturated rings. The van der Waals surface area contributed by atoms with Crippen LogP contribution in [0.25, 0.3) is 0 Å². The molecule has 1 aromatic rings. The van der Waals surface area contributed by atoms with Crippen LogP contribution in [-0.4, -0.2) is 17.9 Å². The Bertz CT molecular complexity index is 360. The zero-order valence-corrected chi connectivity index (χ0v) is 10.0. The Morgan fingerprint density at radius 1 is 1.31 bits per heavy atom. The number of benzene rings is 1. The minimum absolute atomic E-state index is 0.0994. The lowest BCUT2D eigenvalue weighted by molar-refractivity contribution is -0.119. The molecule has 0 aromatic heterocycles. The molecule has 0 N–H and O–H groups in total. The largest absolute Gasteiger partial charge is 0.359 e. The van der Waals surface area contributed by atoms with Crippen LogP contribution in [0.15, 0.2) is 30.3 Å². The quantitative estimate of drug-likeness (QED) is 0.775. The third-order valence-electron chi connectivity index (χ3n) is 3.44. The summed E-state index contributed by atoms with van der Waals surface area (Å²) in [4.78, 5) is 14.2. The van der Waals surface area contributed by atoms with Crippen LogP contribution in [-0.2, 0) is 4.79 Å². The molecule has 2 unspecified atom stereocenters. The van der Waals surface area contributed by atoms with Crippen molar-refractivity contribution in [1.82, 2.24) is 0 Å². The Labute approximate surface area is 97.3 Å². The fourth-order valence-corrected chi connectivity index (χ4v) is 2.57. The average molecular weight is 217 g/mol. The van der Waals surface area contributed by atoms with Gasteiger partial charge in [0.15, 0.2) is 5.78 Å². The van der Waals surface area contributed by atoms with Gasteiger partial charge in [-0.25, -0.2) is 0 Å². The standard InChI is InChI=1S/C14H19NO/c1-3-14(16)13-10-9-11(2)15(13)12-7-5-4-6-8-12/h4-8,11,13H,3,9-10H2,1-2H3. The molecule has 1 saturated heterocycles. The molecule has 86 valence electrons. The fraction of sp³-hybridized carbons (Fsp3) is 0.500. The second-order valence-electron chi connectivity index (χ2n) is 4.50. The van der Waals surface area contributed by atoms with Crippen molar-refractivity contribution < 1.29 is 4.79 Å². The summed E-state index contributed by atoms with van der Waals surface area (Å²) in [5.41, 5.74) is 1.18. The van der Waals surface area contributed by atoms with Crippen molar-refractivity contribution in [3.05, 3.63) is 30.3 Å². The van der Waals surface area contributed by atoms with Gasteiger partial charge in [0.1, 0.15) is 0 Å². The normalized spacial score (nSPS) is 24.8. The van der Waals surface area contributed by atoms with Crippen molar-refractivity contribution in [3.63, 3.8) is 0 Å². The summed E-state index contributed by atoms with van der Waals surface area (Å²) in [7, 11) is 0. The molecule has 0 saturated carbocycles. The lowest BCUT2D eigenvalue weighted by Crippen LogP contribution is -2.39. The van der Waals surface area contributed by atoms with E-state index < -0.39 is 0 Å². The molecule has 2 atom stereocenters. The molecule has 0 amide bonds. The molecular weight excluding hydrogens is 198 g/mol. The van der Waals surface area contributed by atoms with Gasteiger partial charge in [0.05, 0.1) is 6.04 Å². The highest BCUT2D eigenvalue weighted by atomic mass is 16.1. The summed E-state index contributed by atoms with van der Waals surface area (Å²) in [6.07, 6.45) is 2.76. The predicted octanol–water partition coefficient (Wildman–Crippen LogP) is 3.02. The van der Waals surface area contributed by atoms with Gasteiger partial charge in [0, 0.05) is 18.2 Å². The number of anilines is 1. The van der Waals surface area contributed by atoms with E-state index in [0.29, 0.717) is 18.2 Å². The maximum atomic E-state index is 11.9. The maximum Gasteiger partial charge on any atom is 0.154 e. The lowest BCUT2D eigenvalue weighted by atomic mass is 10.1. The SMILES string of the molecule is CCC(=O)C1CCC(C)N1c1ccccc1. The first-order valence-corrected chi connectivity index (χ1v) is 6.10. The highest BCUT2D eigenvalue weighted by Crippen LogP contribution is 2.30. The van der Waals surface area contributed by atoms with Gasteiger partial charge in [-0.1, -0.05) is 25.1 Å². The predicted molar refractivity (Wildman–Crippen MR) is 66.7 cm³/mol. The average Bonchev–Trinajstić information content (AvgIpc) is 2.71. The summed E-state index contributed by atoms with van der Waals surface area (Å²) >= 11 is 0. The van der Waals surface area contributed by atoms with Crippen LogP contribution in [0.3, 0.4) is 0 Å². The molecule has 0 radical (unpaired) electrons. The Morgan fingerprint density at radius 3 is 2.62 bits per heavy atom. The second kappa shape index (κ2) is 4.69. The van der Waals surface area contributed by atoms with Crippen molar-refractivity contribution in [1.29, 1.82) is 0 Å². The minimum atomic E-state index is 0.0994. The van der Waals surface area contributed by atoms with Gasteiger partial charge in [0.2, 0.25) is 0 Å². The van der Waals surface area contributed by atoms with Crippen LogP contribution in [0.4, 0.5) is 5.69 Å². The van der Waals surface area contributed by atoms with E-state index in [2.05, 4.69) is 24.0 Å². The maximum absolute atomic E-state index is 11.9. The lowest BCUT2D eigenvalue weighted by Gasteiger charge is -2.29. The summed E-state index contributed by atoms with van der Waals surface area (Å²) in [5.74, 6) is 0.369. The van der Waals surface area contributed by atoms with Crippen molar-refractivity contribution in [2.45, 2.75) is 45.2 Å². The van der Waals surface area contributed by atoms with Crippen LogP contribution in [0.1, 0.15) is 33.1 Å². The summed E-state index contributed by atoms with van der Waals surface area (Å²) in [6.45, 7) is 4.16. The third kappa shape index (κ3) is 1.97. The molecule has 1 heterocycles. The second-order valence-corrected chi connectivity index (χ2v) is 4.50. The van der Waals surface area contributed by atoms with E-state index in [4.69, 9.17) is 0 Å². The van der Waals surface area contributed by atoms with E-state index in [-0.39, 0.29) is 6.04 Å². The topological polar surface area (TPSA) is 20.3 Å². The Kier molecular flexibility index (Phi) is 3.28. The zero-order valence-electron chi connectivity index (χ0n) is 10.0. The molecule has 16 heavy (non-hydrogen) atoms. The van der Waals surface area contributed by atoms with Gasteiger partial charge < -0.3 is 4.90 Å². The van der Waals surface area contributed by atoms with Gasteiger partial charge in [-0.2, -0.15) is 0 Å². The molecule has 2 rings (SSSR count). The van der Waals surface area contributed by atoms with Gasteiger partial charge in [-0.15, -0.1) is 0 Å². The highest BCUT2D eigenvalue weighted by molar-refractivity contribution is 5.87. The third-order valence-corrected chi connectivity index (χ3v) is 3.44. The molecule has 2 heteroatoms. The van der Waals surface area contributed by atoms with Crippen molar-refractivity contribution in [3.8, 4) is 0 Å². The Morgan fingerprint density at radius 2 is 2.00 bits per heavy atom.